The Morgan fingerprint density at radius 1 is 1.32 bits per heavy atom. The number of aromatic amines is 1. The van der Waals surface area contributed by atoms with Gasteiger partial charge in [-0.2, -0.15) is 0 Å². The molecule has 0 atom stereocenters. The quantitative estimate of drug-likeness (QED) is 0.597. The van der Waals surface area contributed by atoms with Crippen LogP contribution in [0.3, 0.4) is 0 Å². The summed E-state index contributed by atoms with van der Waals surface area (Å²) in [5.41, 5.74) is 13.6. The lowest BCUT2D eigenvalue weighted by atomic mass is 9.73. The molecule has 1 fully saturated rings. The van der Waals surface area contributed by atoms with E-state index in [1.54, 1.807) is 13.0 Å². The number of benzene rings is 1. The molecule has 0 bridgehead atoms. The zero-order chi connectivity index (χ0) is 18.2. The maximum Gasteiger partial charge on any atom is 0.239 e. The standard InChI is InChI=1S/C15H23N7O2S/c1-9-2-3-11(10-4-6-15(17,8-16)7-5-10)12(13(9)25(18,23)24)14-19-21-22-20-14/h2-3,10H,4-8,16-17H2,1H3,(H2,18,23,24)(H,19,20,21,22). The number of primary sulfonamides is 1. The van der Waals surface area contributed by atoms with Crippen LogP contribution in [-0.4, -0.2) is 41.1 Å². The van der Waals surface area contributed by atoms with Gasteiger partial charge in [-0.1, -0.05) is 12.1 Å². The molecule has 3 rings (SSSR count). The van der Waals surface area contributed by atoms with E-state index in [0.29, 0.717) is 23.5 Å². The van der Waals surface area contributed by atoms with E-state index in [4.69, 9.17) is 16.6 Å². The predicted molar refractivity (Wildman–Crippen MR) is 92.9 cm³/mol. The first-order chi connectivity index (χ1) is 11.7. The van der Waals surface area contributed by atoms with Gasteiger partial charge in [0.15, 0.2) is 5.82 Å². The van der Waals surface area contributed by atoms with E-state index in [0.717, 1.165) is 31.2 Å². The molecule has 1 aromatic carbocycles. The Bertz CT molecular complexity index is 856. The number of hydrogen-bond donors (Lipinski definition) is 4. The van der Waals surface area contributed by atoms with E-state index in [-0.39, 0.29) is 16.4 Å². The Kier molecular flexibility index (Phi) is 4.62. The fourth-order valence-corrected chi connectivity index (χ4v) is 4.64. The van der Waals surface area contributed by atoms with E-state index in [1.165, 1.54) is 0 Å². The average molecular weight is 365 g/mol. The number of rotatable bonds is 4. The van der Waals surface area contributed by atoms with Crippen LogP contribution in [0.4, 0.5) is 0 Å². The smallest absolute Gasteiger partial charge is 0.239 e. The minimum atomic E-state index is -3.94. The number of aryl methyl sites for hydroxylation is 1. The lowest BCUT2D eigenvalue weighted by molar-refractivity contribution is 0.280. The normalized spacial score (nSPS) is 24.4. The highest BCUT2D eigenvalue weighted by atomic mass is 32.2. The zero-order valence-electron chi connectivity index (χ0n) is 14.1. The Hall–Kier alpha value is -1.88. The number of nitrogens with one attached hydrogen (secondary N) is 1. The SMILES string of the molecule is Cc1ccc(C2CCC(N)(CN)CC2)c(-c2nnn[nH]2)c1S(N)(=O)=O. The third kappa shape index (κ3) is 3.43. The van der Waals surface area contributed by atoms with E-state index in [2.05, 4.69) is 20.6 Å². The van der Waals surface area contributed by atoms with Crippen LogP contribution in [-0.2, 0) is 10.0 Å². The molecule has 0 unspecified atom stereocenters. The molecule has 0 saturated heterocycles. The summed E-state index contributed by atoms with van der Waals surface area (Å²) in [4.78, 5) is 0.0620. The molecule has 9 nitrogen and oxygen atoms in total. The van der Waals surface area contributed by atoms with Gasteiger partial charge in [-0.3, -0.25) is 0 Å². The lowest BCUT2D eigenvalue weighted by Crippen LogP contribution is -2.49. The molecule has 7 N–H and O–H groups in total. The molecule has 1 aliphatic carbocycles. The molecule has 2 aromatic rings. The van der Waals surface area contributed by atoms with Crippen molar-refractivity contribution in [3.63, 3.8) is 0 Å². The third-order valence-electron chi connectivity index (χ3n) is 5.08. The van der Waals surface area contributed by atoms with Crippen LogP contribution in [0.15, 0.2) is 17.0 Å². The second-order valence-electron chi connectivity index (χ2n) is 6.81. The van der Waals surface area contributed by atoms with Crippen molar-refractivity contribution in [3.8, 4) is 11.4 Å². The van der Waals surface area contributed by atoms with Crippen molar-refractivity contribution in [2.75, 3.05) is 6.54 Å². The number of tetrazole rings is 1. The fourth-order valence-electron chi connectivity index (χ4n) is 3.63. The average Bonchev–Trinajstić information content (AvgIpc) is 3.08. The molecule has 0 aliphatic heterocycles. The first-order valence-electron chi connectivity index (χ1n) is 8.14. The summed E-state index contributed by atoms with van der Waals surface area (Å²) < 4.78 is 24.4. The Morgan fingerprint density at radius 2 is 2.00 bits per heavy atom. The van der Waals surface area contributed by atoms with Gasteiger partial charge in [0.25, 0.3) is 0 Å². The summed E-state index contributed by atoms with van der Waals surface area (Å²) in [6.45, 7) is 2.14. The van der Waals surface area contributed by atoms with Crippen LogP contribution in [0.25, 0.3) is 11.4 Å². The minimum absolute atomic E-state index is 0.0620. The summed E-state index contributed by atoms with van der Waals surface area (Å²) in [7, 11) is -3.94. The van der Waals surface area contributed by atoms with Crippen molar-refractivity contribution in [3.05, 3.63) is 23.3 Å². The fraction of sp³-hybridized carbons (Fsp3) is 0.533. The summed E-state index contributed by atoms with van der Waals surface area (Å²) in [5, 5.41) is 19.2. The van der Waals surface area contributed by atoms with Gasteiger partial charge >= 0.3 is 0 Å². The molecule has 1 heterocycles. The van der Waals surface area contributed by atoms with Gasteiger partial charge in [-0.05, 0) is 60.1 Å². The summed E-state index contributed by atoms with van der Waals surface area (Å²) >= 11 is 0. The number of sulfonamides is 1. The van der Waals surface area contributed by atoms with Crippen LogP contribution < -0.4 is 16.6 Å². The number of nitrogens with two attached hydrogens (primary N) is 3. The topological polar surface area (TPSA) is 167 Å². The van der Waals surface area contributed by atoms with Gasteiger partial charge < -0.3 is 11.5 Å². The molecular formula is C15H23N7O2S. The van der Waals surface area contributed by atoms with E-state index in [9.17, 15) is 8.42 Å². The second kappa shape index (κ2) is 6.45. The first-order valence-corrected chi connectivity index (χ1v) is 9.69. The maximum atomic E-state index is 12.2. The summed E-state index contributed by atoms with van der Waals surface area (Å²) in [6, 6.07) is 3.70. The molecule has 10 heteroatoms. The molecular weight excluding hydrogens is 342 g/mol. The lowest BCUT2D eigenvalue weighted by Gasteiger charge is -2.37. The highest BCUT2D eigenvalue weighted by Gasteiger charge is 2.34. The number of hydrogen-bond acceptors (Lipinski definition) is 7. The summed E-state index contributed by atoms with van der Waals surface area (Å²) in [5.74, 6) is 0.440. The van der Waals surface area contributed by atoms with Crippen LogP contribution >= 0.6 is 0 Å². The molecule has 1 saturated carbocycles. The van der Waals surface area contributed by atoms with E-state index in [1.807, 2.05) is 6.07 Å². The van der Waals surface area contributed by atoms with E-state index < -0.39 is 10.0 Å². The Balaban J connectivity index is 2.12. The third-order valence-corrected chi connectivity index (χ3v) is 6.18. The highest BCUT2D eigenvalue weighted by Crippen LogP contribution is 2.42. The number of aromatic nitrogens is 4. The van der Waals surface area contributed by atoms with Crippen molar-refractivity contribution in [1.29, 1.82) is 0 Å². The van der Waals surface area contributed by atoms with Gasteiger partial charge in [0.05, 0.1) is 4.90 Å². The van der Waals surface area contributed by atoms with Gasteiger partial charge in [0.1, 0.15) is 0 Å². The maximum absolute atomic E-state index is 12.2. The molecule has 136 valence electrons. The second-order valence-corrected chi connectivity index (χ2v) is 8.31. The van der Waals surface area contributed by atoms with Gasteiger partial charge in [-0.25, -0.2) is 18.7 Å². The molecule has 25 heavy (non-hydrogen) atoms. The van der Waals surface area contributed by atoms with Crippen molar-refractivity contribution in [2.24, 2.45) is 16.6 Å². The Morgan fingerprint density at radius 3 is 2.52 bits per heavy atom. The molecule has 0 amide bonds. The molecule has 1 aliphatic rings. The Labute approximate surface area is 146 Å². The van der Waals surface area contributed by atoms with E-state index >= 15 is 0 Å². The minimum Gasteiger partial charge on any atom is -0.329 e. The zero-order valence-corrected chi connectivity index (χ0v) is 14.9. The van der Waals surface area contributed by atoms with Gasteiger partial charge in [-0.15, -0.1) is 5.10 Å². The van der Waals surface area contributed by atoms with Crippen LogP contribution in [0.1, 0.15) is 42.7 Å². The van der Waals surface area contributed by atoms with Crippen molar-refractivity contribution < 1.29 is 8.42 Å². The number of nitrogens with zero attached hydrogens (tertiary/aromatic N) is 3. The predicted octanol–water partition coefficient (Wildman–Crippen LogP) is 0.136. The molecule has 0 spiro atoms. The van der Waals surface area contributed by atoms with Crippen LogP contribution in [0, 0.1) is 6.92 Å². The highest BCUT2D eigenvalue weighted by molar-refractivity contribution is 7.89. The molecule has 0 radical (unpaired) electrons. The van der Waals surface area contributed by atoms with Crippen molar-refractivity contribution in [1.82, 2.24) is 20.6 Å². The van der Waals surface area contributed by atoms with Crippen molar-refractivity contribution in [2.45, 2.75) is 49.0 Å². The largest absolute Gasteiger partial charge is 0.329 e. The van der Waals surface area contributed by atoms with Crippen molar-refractivity contribution >= 4 is 10.0 Å². The molecule has 1 aromatic heterocycles. The first kappa shape index (κ1) is 17.9. The monoisotopic (exact) mass is 365 g/mol. The summed E-state index contributed by atoms with van der Waals surface area (Å²) in [6.07, 6.45) is 3.19. The van der Waals surface area contributed by atoms with Crippen LogP contribution in [0.2, 0.25) is 0 Å². The van der Waals surface area contributed by atoms with Gasteiger partial charge in [0.2, 0.25) is 10.0 Å². The number of H-pyrrole nitrogens is 1. The van der Waals surface area contributed by atoms with Gasteiger partial charge in [0, 0.05) is 17.6 Å². The van der Waals surface area contributed by atoms with Crippen LogP contribution in [0.5, 0.6) is 0 Å².